The molecule has 31 heavy (non-hydrogen) atoms. The van der Waals surface area contributed by atoms with Gasteiger partial charge >= 0.3 is 35.7 Å². The number of nitrogens with one attached hydrogen (secondary N) is 1. The second-order valence-electron chi connectivity index (χ2n) is 6.09. The summed E-state index contributed by atoms with van der Waals surface area (Å²) in [6.45, 7) is 0. The van der Waals surface area contributed by atoms with Gasteiger partial charge in [0, 0.05) is 17.1 Å². The molecule has 0 aliphatic rings. The zero-order chi connectivity index (χ0) is 21.9. The Balaban J connectivity index is 0.00000341. The number of alkyl halides is 3. The number of carboxylic acid groups (broad SMARTS) is 1. The predicted molar refractivity (Wildman–Crippen MR) is 103 cm³/mol. The van der Waals surface area contributed by atoms with Crippen molar-refractivity contribution < 1.29 is 62.2 Å². The number of carbonyl (C=O) groups excluding carboxylic acids is 2. The van der Waals surface area contributed by atoms with Crippen molar-refractivity contribution in [2.45, 2.75) is 11.2 Å². The van der Waals surface area contributed by atoms with Gasteiger partial charge in [0.05, 0.1) is 34.9 Å². The number of fused-ring (bicyclic) bond motifs is 1. The molecule has 0 saturated carbocycles. The number of carbonyl (C=O) groups is 2. The van der Waals surface area contributed by atoms with E-state index in [1.165, 1.54) is 49.6 Å². The molecule has 1 amide bonds. The summed E-state index contributed by atoms with van der Waals surface area (Å²) < 4.78 is 45.4. The molecule has 2 aromatic carbocycles. The fourth-order valence-corrected chi connectivity index (χ4v) is 3.36. The van der Waals surface area contributed by atoms with Crippen LogP contribution in [-0.4, -0.2) is 29.7 Å². The monoisotopic (exact) mass is 458 g/mol. The number of carboxylic acids is 1. The van der Waals surface area contributed by atoms with Gasteiger partial charge in [-0.3, -0.25) is 4.79 Å². The number of halogens is 3. The van der Waals surface area contributed by atoms with Crippen molar-refractivity contribution >= 4 is 40.2 Å². The number of pyridine rings is 1. The summed E-state index contributed by atoms with van der Waals surface area (Å²) >= 11 is 0.846. The van der Waals surface area contributed by atoms with Crippen LogP contribution in [-0.2, 0) is 11.0 Å². The fourth-order valence-electron chi connectivity index (χ4n) is 2.65. The summed E-state index contributed by atoms with van der Waals surface area (Å²) in [6, 6.07) is 10.3. The summed E-state index contributed by atoms with van der Waals surface area (Å²) in [4.78, 5) is 27.0. The molecule has 1 N–H and O–H groups in total. The molecule has 11 heteroatoms. The maximum Gasteiger partial charge on any atom is 1.00 e. The first-order valence-electron chi connectivity index (χ1n) is 8.47. The minimum atomic E-state index is -4.59. The average Bonchev–Trinajstić information content (AvgIpc) is 2.70. The van der Waals surface area contributed by atoms with Crippen molar-refractivity contribution in [1.29, 1.82) is 0 Å². The molecular weight excluding hydrogens is 444 g/mol. The molecule has 156 valence electrons. The van der Waals surface area contributed by atoms with Gasteiger partial charge in [-0.1, -0.05) is 23.9 Å². The summed E-state index contributed by atoms with van der Waals surface area (Å²) in [6.07, 6.45) is -4.59. The van der Waals surface area contributed by atoms with E-state index in [2.05, 4.69) is 10.3 Å². The fraction of sp³-hybridized carbons (Fsp3) is 0.150. The van der Waals surface area contributed by atoms with Crippen molar-refractivity contribution in [2.75, 3.05) is 18.2 Å². The topological polar surface area (TPSA) is 91.3 Å². The van der Waals surface area contributed by atoms with Gasteiger partial charge in [-0.05, 0) is 35.9 Å². The van der Waals surface area contributed by atoms with E-state index in [9.17, 15) is 27.9 Å². The van der Waals surface area contributed by atoms with Crippen molar-refractivity contribution in [3.8, 4) is 5.75 Å². The first kappa shape index (κ1) is 25.0. The van der Waals surface area contributed by atoms with Gasteiger partial charge in [0.1, 0.15) is 5.75 Å². The zero-order valence-corrected chi connectivity index (χ0v) is 19.3. The molecule has 1 aromatic heterocycles. The third-order valence-corrected chi connectivity index (χ3v) is 4.97. The van der Waals surface area contributed by atoms with Gasteiger partial charge in [-0.2, -0.15) is 13.2 Å². The van der Waals surface area contributed by atoms with E-state index in [1.807, 2.05) is 0 Å². The Bertz CT molecular complexity index is 1110. The molecule has 0 spiro atoms. The Kier molecular flexibility index (Phi) is 8.35. The zero-order valence-electron chi connectivity index (χ0n) is 16.4. The standard InChI is InChI=1S/C20H15F3N2O4S.Na/c1-29-13-6-7-14-15(20(21,22)23)9-18(25-16(14)8-13)30-10-17(26)24-12-4-2-11(3-5-12)19(27)28;/h2-9H,10H2,1H3,(H,24,26)(H,27,28);/q;+1/p-1. The van der Waals surface area contributed by atoms with E-state index in [0.29, 0.717) is 11.4 Å². The molecular formula is C20H14F3N2NaO4S. The number of methoxy groups -OCH3 is 1. The SMILES string of the molecule is COc1ccc2c(C(F)(F)F)cc(SCC(=O)Nc3ccc(C(=O)[O-])cc3)nc2c1.[Na+]. The van der Waals surface area contributed by atoms with Crippen molar-refractivity contribution in [3.63, 3.8) is 0 Å². The van der Waals surface area contributed by atoms with E-state index in [4.69, 9.17) is 4.74 Å². The van der Waals surface area contributed by atoms with E-state index >= 15 is 0 Å². The van der Waals surface area contributed by atoms with E-state index in [-0.39, 0.29) is 56.8 Å². The Labute approximate surface area is 201 Å². The largest absolute Gasteiger partial charge is 1.00 e. The Hall–Kier alpha value is -2.27. The van der Waals surface area contributed by atoms with Gasteiger partial charge in [-0.15, -0.1) is 0 Å². The number of ether oxygens (including phenoxy) is 1. The third-order valence-electron chi connectivity index (χ3n) is 4.05. The number of aromatic nitrogens is 1. The molecule has 3 aromatic rings. The van der Waals surface area contributed by atoms with Crippen LogP contribution in [0, 0.1) is 0 Å². The van der Waals surface area contributed by atoms with Crippen LogP contribution in [0.3, 0.4) is 0 Å². The van der Waals surface area contributed by atoms with E-state index < -0.39 is 23.6 Å². The molecule has 0 atom stereocenters. The average molecular weight is 458 g/mol. The number of thioether (sulfide) groups is 1. The van der Waals surface area contributed by atoms with Crippen molar-refractivity contribution in [1.82, 2.24) is 4.98 Å². The number of nitrogens with zero attached hydrogens (tertiary/aromatic N) is 1. The van der Waals surface area contributed by atoms with Gasteiger partial charge in [0.2, 0.25) is 5.91 Å². The molecule has 0 aliphatic carbocycles. The second kappa shape index (κ2) is 10.4. The molecule has 6 nitrogen and oxygen atoms in total. The van der Waals surface area contributed by atoms with Crippen LogP contribution in [0.25, 0.3) is 10.9 Å². The number of aromatic carboxylic acids is 1. The van der Waals surface area contributed by atoms with E-state index in [0.717, 1.165) is 17.8 Å². The van der Waals surface area contributed by atoms with Crippen molar-refractivity contribution in [2.24, 2.45) is 0 Å². The van der Waals surface area contributed by atoms with Crippen LogP contribution in [0.15, 0.2) is 53.6 Å². The number of hydrogen-bond donors (Lipinski definition) is 1. The summed E-state index contributed by atoms with van der Waals surface area (Å²) in [5, 5.41) is 13.2. The maximum absolute atomic E-state index is 13.5. The molecule has 0 saturated heterocycles. The number of rotatable bonds is 6. The molecule has 0 radical (unpaired) electrons. The Morgan fingerprint density at radius 2 is 1.81 bits per heavy atom. The van der Waals surface area contributed by atoms with Crippen LogP contribution in [0.1, 0.15) is 15.9 Å². The summed E-state index contributed by atoms with van der Waals surface area (Å²) in [5.41, 5.74) is -0.448. The van der Waals surface area contributed by atoms with E-state index in [1.54, 1.807) is 0 Å². The summed E-state index contributed by atoms with van der Waals surface area (Å²) in [5.74, 6) is -1.66. The minimum Gasteiger partial charge on any atom is -0.545 e. The van der Waals surface area contributed by atoms with Crippen molar-refractivity contribution in [3.05, 3.63) is 59.7 Å². The second-order valence-corrected chi connectivity index (χ2v) is 7.09. The van der Waals surface area contributed by atoms with Crippen LogP contribution >= 0.6 is 11.8 Å². The molecule has 0 unspecified atom stereocenters. The van der Waals surface area contributed by atoms with Crippen LogP contribution in [0.2, 0.25) is 0 Å². The minimum absolute atomic E-state index is 0. The molecule has 3 rings (SSSR count). The predicted octanol–water partition coefficient (Wildman–Crippen LogP) is 0.360. The molecule has 0 bridgehead atoms. The number of hydrogen-bond acceptors (Lipinski definition) is 6. The third kappa shape index (κ3) is 6.36. The van der Waals surface area contributed by atoms with Gasteiger partial charge in [-0.25, -0.2) is 4.98 Å². The van der Waals surface area contributed by atoms with Crippen LogP contribution < -0.4 is 44.7 Å². The van der Waals surface area contributed by atoms with Crippen LogP contribution in [0.4, 0.5) is 18.9 Å². The number of anilines is 1. The Morgan fingerprint density at radius 1 is 1.13 bits per heavy atom. The summed E-state index contributed by atoms with van der Waals surface area (Å²) in [7, 11) is 1.40. The number of benzene rings is 2. The normalized spacial score (nSPS) is 11.0. The smallest absolute Gasteiger partial charge is 0.545 e. The van der Waals surface area contributed by atoms with Gasteiger partial charge in [0.25, 0.3) is 0 Å². The Morgan fingerprint density at radius 3 is 2.39 bits per heavy atom. The quantitative estimate of drug-likeness (QED) is 0.424. The first-order valence-corrected chi connectivity index (χ1v) is 9.46. The molecule has 0 aliphatic heterocycles. The number of amides is 1. The van der Waals surface area contributed by atoms with Gasteiger partial charge in [0.15, 0.2) is 0 Å². The molecule has 0 fully saturated rings. The van der Waals surface area contributed by atoms with Crippen LogP contribution in [0.5, 0.6) is 5.75 Å². The maximum atomic E-state index is 13.5. The van der Waals surface area contributed by atoms with Gasteiger partial charge < -0.3 is 20.0 Å². The first-order chi connectivity index (χ1) is 14.2. The molecule has 1 heterocycles.